The molecule has 1 atom stereocenters. The second-order valence-electron chi connectivity index (χ2n) is 7.45. The molecule has 0 unspecified atom stereocenters. The number of aryl methyl sites for hydroxylation is 2. The number of rotatable bonds is 6. The lowest BCUT2D eigenvalue weighted by molar-refractivity contribution is 0.0599. The van der Waals surface area contributed by atoms with Crippen molar-refractivity contribution in [3.8, 4) is 0 Å². The number of anilines is 2. The van der Waals surface area contributed by atoms with E-state index in [1.165, 1.54) is 22.9 Å². The van der Waals surface area contributed by atoms with Gasteiger partial charge in [0, 0.05) is 30.8 Å². The summed E-state index contributed by atoms with van der Waals surface area (Å²) in [4.78, 5) is 17.6. The number of carbonyl (C=O) groups is 1. The van der Waals surface area contributed by atoms with Gasteiger partial charge in [-0.05, 0) is 66.8 Å². The fourth-order valence-corrected chi connectivity index (χ4v) is 3.80. The predicted octanol–water partition coefficient (Wildman–Crippen LogP) is 5.06. The number of aromatic nitrogens is 1. The third-order valence-corrected chi connectivity index (χ3v) is 5.53. The monoisotopic (exact) mass is 388 g/mol. The highest BCUT2D eigenvalue weighted by atomic mass is 16.5. The SMILES string of the molecule is Cc1ccc(N(C)c2ccc3c(c2)CO[C@H]3CCc2cnccc2C(=O)O)cc1. The molecule has 29 heavy (non-hydrogen) atoms. The number of carboxylic acids is 1. The number of fused-ring (bicyclic) bond motifs is 1. The summed E-state index contributed by atoms with van der Waals surface area (Å²) in [6.07, 6.45) is 4.47. The van der Waals surface area contributed by atoms with Crippen molar-refractivity contribution < 1.29 is 14.6 Å². The van der Waals surface area contributed by atoms with E-state index in [-0.39, 0.29) is 6.10 Å². The summed E-state index contributed by atoms with van der Waals surface area (Å²) in [7, 11) is 2.06. The van der Waals surface area contributed by atoms with Crippen LogP contribution in [0, 0.1) is 6.92 Å². The van der Waals surface area contributed by atoms with Crippen molar-refractivity contribution in [2.24, 2.45) is 0 Å². The summed E-state index contributed by atoms with van der Waals surface area (Å²) in [6, 6.07) is 16.5. The van der Waals surface area contributed by atoms with Gasteiger partial charge in [0.25, 0.3) is 0 Å². The third kappa shape index (κ3) is 4.00. The standard InChI is InChI=1S/C24H24N2O3/c1-16-3-6-19(7-4-16)26(2)20-8-9-21-18(13-20)15-29-23(21)10-5-17-14-25-12-11-22(17)24(27)28/h3-4,6-9,11-14,23H,5,10,15H2,1-2H3,(H,27,28)/t23-/m0/s1. The van der Waals surface area contributed by atoms with Gasteiger partial charge in [-0.3, -0.25) is 4.98 Å². The normalized spacial score (nSPS) is 15.2. The van der Waals surface area contributed by atoms with Crippen molar-refractivity contribution in [3.05, 3.63) is 88.7 Å². The number of benzene rings is 2. The van der Waals surface area contributed by atoms with Crippen LogP contribution < -0.4 is 4.90 Å². The average molecular weight is 388 g/mol. The summed E-state index contributed by atoms with van der Waals surface area (Å²) < 4.78 is 6.02. The Morgan fingerprint density at radius 2 is 1.93 bits per heavy atom. The first-order chi connectivity index (χ1) is 14.0. The van der Waals surface area contributed by atoms with Crippen molar-refractivity contribution >= 4 is 17.3 Å². The molecule has 0 spiro atoms. The smallest absolute Gasteiger partial charge is 0.336 e. The van der Waals surface area contributed by atoms with E-state index in [2.05, 4.69) is 66.3 Å². The molecule has 2 aromatic carbocycles. The van der Waals surface area contributed by atoms with Gasteiger partial charge in [0.2, 0.25) is 0 Å². The van der Waals surface area contributed by atoms with Gasteiger partial charge >= 0.3 is 5.97 Å². The van der Waals surface area contributed by atoms with Gasteiger partial charge in [0.15, 0.2) is 0 Å². The van der Waals surface area contributed by atoms with Crippen LogP contribution in [0.15, 0.2) is 60.9 Å². The molecule has 1 aliphatic rings. The van der Waals surface area contributed by atoms with E-state index in [0.29, 0.717) is 18.6 Å². The van der Waals surface area contributed by atoms with Crippen molar-refractivity contribution in [2.45, 2.75) is 32.5 Å². The van der Waals surface area contributed by atoms with Gasteiger partial charge < -0.3 is 14.7 Å². The summed E-state index contributed by atoms with van der Waals surface area (Å²) in [5.41, 5.74) is 6.94. The highest BCUT2D eigenvalue weighted by Crippen LogP contribution is 2.37. The third-order valence-electron chi connectivity index (χ3n) is 5.53. The number of hydrogen-bond donors (Lipinski definition) is 1. The number of hydrogen-bond acceptors (Lipinski definition) is 4. The van der Waals surface area contributed by atoms with Crippen LogP contribution >= 0.6 is 0 Å². The minimum absolute atomic E-state index is 0.0226. The fraction of sp³-hybridized carbons (Fsp3) is 0.250. The first kappa shape index (κ1) is 19.2. The van der Waals surface area contributed by atoms with Gasteiger partial charge in [0.05, 0.1) is 18.3 Å². The van der Waals surface area contributed by atoms with E-state index >= 15 is 0 Å². The number of pyridine rings is 1. The first-order valence-corrected chi connectivity index (χ1v) is 9.74. The van der Waals surface area contributed by atoms with Crippen LogP contribution in [0.4, 0.5) is 11.4 Å². The largest absolute Gasteiger partial charge is 0.478 e. The first-order valence-electron chi connectivity index (χ1n) is 9.74. The topological polar surface area (TPSA) is 62.7 Å². The summed E-state index contributed by atoms with van der Waals surface area (Å²) in [6.45, 7) is 2.66. The minimum atomic E-state index is -0.918. The molecule has 0 saturated heterocycles. The Morgan fingerprint density at radius 1 is 1.17 bits per heavy atom. The molecule has 3 aromatic rings. The molecule has 0 radical (unpaired) electrons. The number of carboxylic acid groups (broad SMARTS) is 1. The Kier molecular flexibility index (Phi) is 5.32. The predicted molar refractivity (Wildman–Crippen MR) is 113 cm³/mol. The highest BCUT2D eigenvalue weighted by Gasteiger charge is 2.24. The molecular formula is C24H24N2O3. The summed E-state index contributed by atoms with van der Waals surface area (Å²) in [5, 5.41) is 9.34. The molecule has 0 amide bonds. The Hall–Kier alpha value is -3.18. The van der Waals surface area contributed by atoms with E-state index < -0.39 is 5.97 Å². The van der Waals surface area contributed by atoms with Gasteiger partial charge in [-0.25, -0.2) is 4.79 Å². The lowest BCUT2D eigenvalue weighted by Gasteiger charge is -2.21. The second kappa shape index (κ2) is 8.05. The zero-order chi connectivity index (χ0) is 20.4. The molecule has 2 heterocycles. The van der Waals surface area contributed by atoms with Crippen LogP contribution in [0.5, 0.6) is 0 Å². The Morgan fingerprint density at radius 3 is 2.69 bits per heavy atom. The van der Waals surface area contributed by atoms with E-state index in [1.807, 2.05) is 0 Å². The van der Waals surface area contributed by atoms with Gasteiger partial charge in [-0.2, -0.15) is 0 Å². The molecular weight excluding hydrogens is 364 g/mol. The van der Waals surface area contributed by atoms with Crippen LogP contribution in [-0.4, -0.2) is 23.1 Å². The van der Waals surface area contributed by atoms with E-state index in [1.54, 1.807) is 12.3 Å². The van der Waals surface area contributed by atoms with Crippen LogP contribution in [0.25, 0.3) is 0 Å². The van der Waals surface area contributed by atoms with E-state index in [4.69, 9.17) is 4.74 Å². The maximum Gasteiger partial charge on any atom is 0.336 e. The molecule has 0 fully saturated rings. The minimum Gasteiger partial charge on any atom is -0.478 e. The highest BCUT2D eigenvalue weighted by molar-refractivity contribution is 5.89. The van der Waals surface area contributed by atoms with Gasteiger partial charge in [-0.1, -0.05) is 23.8 Å². The fourth-order valence-electron chi connectivity index (χ4n) is 3.80. The van der Waals surface area contributed by atoms with Crippen LogP contribution in [0.1, 0.15) is 45.1 Å². The maximum absolute atomic E-state index is 11.4. The van der Waals surface area contributed by atoms with Crippen LogP contribution in [-0.2, 0) is 17.8 Å². The molecule has 0 bridgehead atoms. The quantitative estimate of drug-likeness (QED) is 0.639. The molecule has 148 valence electrons. The van der Waals surface area contributed by atoms with Gasteiger partial charge in [-0.15, -0.1) is 0 Å². The van der Waals surface area contributed by atoms with Crippen LogP contribution in [0.2, 0.25) is 0 Å². The van der Waals surface area contributed by atoms with Gasteiger partial charge in [0.1, 0.15) is 0 Å². The summed E-state index contributed by atoms with van der Waals surface area (Å²) in [5.74, 6) is -0.918. The Labute approximate surface area is 170 Å². The molecule has 1 N–H and O–H groups in total. The lowest BCUT2D eigenvalue weighted by Crippen LogP contribution is -2.10. The van der Waals surface area contributed by atoms with Crippen molar-refractivity contribution in [2.75, 3.05) is 11.9 Å². The average Bonchev–Trinajstić information content (AvgIpc) is 3.14. The molecule has 4 rings (SSSR count). The zero-order valence-corrected chi connectivity index (χ0v) is 16.6. The number of nitrogens with zero attached hydrogens (tertiary/aromatic N) is 2. The lowest BCUT2D eigenvalue weighted by atomic mass is 9.97. The maximum atomic E-state index is 11.4. The second-order valence-corrected chi connectivity index (χ2v) is 7.45. The van der Waals surface area contributed by atoms with Crippen molar-refractivity contribution in [3.63, 3.8) is 0 Å². The molecule has 5 nitrogen and oxygen atoms in total. The number of ether oxygens (including phenoxy) is 1. The number of aromatic carboxylic acids is 1. The Bertz CT molecular complexity index is 1030. The summed E-state index contributed by atoms with van der Waals surface area (Å²) >= 11 is 0. The molecule has 5 heteroatoms. The van der Waals surface area contributed by atoms with Crippen LogP contribution in [0.3, 0.4) is 0 Å². The molecule has 0 saturated carbocycles. The van der Waals surface area contributed by atoms with E-state index in [9.17, 15) is 9.90 Å². The molecule has 1 aliphatic heterocycles. The molecule has 0 aliphatic carbocycles. The van der Waals surface area contributed by atoms with Crippen molar-refractivity contribution in [1.82, 2.24) is 4.98 Å². The molecule has 1 aromatic heterocycles. The van der Waals surface area contributed by atoms with E-state index in [0.717, 1.165) is 23.4 Å². The Balaban J connectivity index is 1.49. The van der Waals surface area contributed by atoms with Crippen molar-refractivity contribution in [1.29, 1.82) is 0 Å². The zero-order valence-electron chi connectivity index (χ0n) is 16.6.